The van der Waals surface area contributed by atoms with E-state index in [0.29, 0.717) is 0 Å². The molecular formula is C14H22BrIN2. The number of halogens is 2. The summed E-state index contributed by atoms with van der Waals surface area (Å²) in [6.07, 6.45) is 1.15. The van der Waals surface area contributed by atoms with Crippen molar-refractivity contribution in [2.24, 2.45) is 0 Å². The van der Waals surface area contributed by atoms with Gasteiger partial charge in [0, 0.05) is 20.1 Å². The van der Waals surface area contributed by atoms with Crippen LogP contribution in [-0.2, 0) is 6.54 Å². The van der Waals surface area contributed by atoms with Gasteiger partial charge in [-0.2, -0.15) is 0 Å². The minimum atomic E-state index is 0.222. The standard InChI is InChI=1S/C14H22BrIN2/c1-14(2,3)18-8-4-7-17-10-11-9-12(15)5-6-13(11)16/h5-6,9,17-18H,4,7-8,10H2,1-3H3. The van der Waals surface area contributed by atoms with Crippen LogP contribution in [0.3, 0.4) is 0 Å². The lowest BCUT2D eigenvalue weighted by atomic mass is 10.1. The number of rotatable bonds is 6. The van der Waals surface area contributed by atoms with Crippen LogP contribution in [0.1, 0.15) is 32.8 Å². The first-order valence-electron chi connectivity index (χ1n) is 6.28. The van der Waals surface area contributed by atoms with Crippen LogP contribution in [0, 0.1) is 3.57 Å². The molecule has 0 heterocycles. The van der Waals surface area contributed by atoms with Crippen LogP contribution >= 0.6 is 38.5 Å². The summed E-state index contributed by atoms with van der Waals surface area (Å²) in [5.41, 5.74) is 1.58. The van der Waals surface area contributed by atoms with E-state index in [-0.39, 0.29) is 5.54 Å². The molecule has 0 bridgehead atoms. The van der Waals surface area contributed by atoms with Crippen molar-refractivity contribution in [3.63, 3.8) is 0 Å². The highest BCUT2D eigenvalue weighted by Gasteiger charge is 2.07. The zero-order valence-electron chi connectivity index (χ0n) is 11.3. The Kier molecular flexibility index (Phi) is 7.13. The fourth-order valence-corrected chi connectivity index (χ4v) is 2.51. The predicted octanol–water partition coefficient (Wildman–Crippen LogP) is 3.92. The maximum atomic E-state index is 3.51. The van der Waals surface area contributed by atoms with Crippen LogP contribution in [0.15, 0.2) is 22.7 Å². The first-order valence-corrected chi connectivity index (χ1v) is 8.15. The lowest BCUT2D eigenvalue weighted by molar-refractivity contribution is 0.418. The zero-order valence-corrected chi connectivity index (χ0v) is 15.1. The van der Waals surface area contributed by atoms with E-state index >= 15 is 0 Å². The molecule has 102 valence electrons. The SMILES string of the molecule is CC(C)(C)NCCCNCc1cc(Br)ccc1I. The highest BCUT2D eigenvalue weighted by Crippen LogP contribution is 2.18. The molecule has 1 aromatic rings. The first kappa shape index (κ1) is 16.4. The van der Waals surface area contributed by atoms with Gasteiger partial charge in [0.25, 0.3) is 0 Å². The van der Waals surface area contributed by atoms with E-state index in [1.165, 1.54) is 9.13 Å². The van der Waals surface area contributed by atoms with Gasteiger partial charge in [-0.05, 0) is 86.6 Å². The Morgan fingerprint density at radius 1 is 1.22 bits per heavy atom. The molecule has 0 saturated carbocycles. The quantitative estimate of drug-likeness (QED) is 0.534. The molecular weight excluding hydrogens is 403 g/mol. The van der Waals surface area contributed by atoms with Crippen LogP contribution < -0.4 is 10.6 Å². The molecule has 4 heteroatoms. The van der Waals surface area contributed by atoms with Gasteiger partial charge in [-0.15, -0.1) is 0 Å². The van der Waals surface area contributed by atoms with Gasteiger partial charge in [-0.1, -0.05) is 15.9 Å². The van der Waals surface area contributed by atoms with Crippen molar-refractivity contribution in [3.05, 3.63) is 31.8 Å². The Bertz CT molecular complexity index is 375. The lowest BCUT2D eigenvalue weighted by Gasteiger charge is -2.20. The molecule has 0 aromatic heterocycles. The summed E-state index contributed by atoms with van der Waals surface area (Å²) in [5, 5.41) is 6.98. The summed E-state index contributed by atoms with van der Waals surface area (Å²) in [6.45, 7) is 9.64. The van der Waals surface area contributed by atoms with Gasteiger partial charge in [0.1, 0.15) is 0 Å². The molecule has 0 fully saturated rings. The molecule has 0 atom stereocenters. The topological polar surface area (TPSA) is 24.1 Å². The van der Waals surface area contributed by atoms with Crippen molar-refractivity contribution in [1.82, 2.24) is 10.6 Å². The Morgan fingerprint density at radius 2 is 1.94 bits per heavy atom. The molecule has 2 nitrogen and oxygen atoms in total. The molecule has 0 aliphatic rings. The lowest BCUT2D eigenvalue weighted by Crippen LogP contribution is -2.37. The van der Waals surface area contributed by atoms with E-state index in [1.807, 2.05) is 0 Å². The van der Waals surface area contributed by atoms with E-state index in [2.05, 4.69) is 88.1 Å². The summed E-state index contributed by atoms with van der Waals surface area (Å²) in [5.74, 6) is 0. The van der Waals surface area contributed by atoms with Gasteiger partial charge in [0.2, 0.25) is 0 Å². The van der Waals surface area contributed by atoms with Crippen LogP contribution in [0.4, 0.5) is 0 Å². The number of hydrogen-bond acceptors (Lipinski definition) is 2. The van der Waals surface area contributed by atoms with E-state index in [9.17, 15) is 0 Å². The van der Waals surface area contributed by atoms with Crippen LogP contribution in [-0.4, -0.2) is 18.6 Å². The predicted molar refractivity (Wildman–Crippen MR) is 90.9 cm³/mol. The van der Waals surface area contributed by atoms with Crippen molar-refractivity contribution in [2.75, 3.05) is 13.1 Å². The zero-order chi connectivity index (χ0) is 13.6. The van der Waals surface area contributed by atoms with Gasteiger partial charge in [0.15, 0.2) is 0 Å². The van der Waals surface area contributed by atoms with Gasteiger partial charge < -0.3 is 10.6 Å². The molecule has 0 aliphatic carbocycles. The second kappa shape index (κ2) is 7.82. The van der Waals surface area contributed by atoms with E-state index in [1.54, 1.807) is 0 Å². The normalized spacial score (nSPS) is 11.8. The molecule has 0 saturated heterocycles. The molecule has 2 N–H and O–H groups in total. The van der Waals surface area contributed by atoms with Crippen molar-refractivity contribution in [3.8, 4) is 0 Å². The fraction of sp³-hybridized carbons (Fsp3) is 0.571. The van der Waals surface area contributed by atoms with E-state index in [4.69, 9.17) is 0 Å². The van der Waals surface area contributed by atoms with Crippen molar-refractivity contribution in [1.29, 1.82) is 0 Å². The highest BCUT2D eigenvalue weighted by atomic mass is 127. The summed E-state index contributed by atoms with van der Waals surface area (Å²) in [4.78, 5) is 0. The highest BCUT2D eigenvalue weighted by molar-refractivity contribution is 14.1. The van der Waals surface area contributed by atoms with Crippen LogP contribution in [0.25, 0.3) is 0 Å². The number of nitrogens with one attached hydrogen (secondary N) is 2. The molecule has 0 spiro atoms. The van der Waals surface area contributed by atoms with Gasteiger partial charge >= 0.3 is 0 Å². The molecule has 0 amide bonds. The van der Waals surface area contributed by atoms with Crippen molar-refractivity contribution >= 4 is 38.5 Å². The largest absolute Gasteiger partial charge is 0.313 e. The third kappa shape index (κ3) is 7.07. The monoisotopic (exact) mass is 424 g/mol. The fourth-order valence-electron chi connectivity index (χ4n) is 1.58. The third-order valence-corrected chi connectivity index (χ3v) is 4.05. The van der Waals surface area contributed by atoms with Gasteiger partial charge in [0.05, 0.1) is 0 Å². The molecule has 0 radical (unpaired) electrons. The number of benzene rings is 1. The van der Waals surface area contributed by atoms with Crippen molar-refractivity contribution in [2.45, 2.75) is 39.3 Å². The molecule has 0 aliphatic heterocycles. The van der Waals surface area contributed by atoms with Gasteiger partial charge in [-0.25, -0.2) is 0 Å². The summed E-state index contributed by atoms with van der Waals surface area (Å²) >= 11 is 5.89. The molecule has 18 heavy (non-hydrogen) atoms. The summed E-state index contributed by atoms with van der Waals surface area (Å²) < 4.78 is 2.46. The Balaban J connectivity index is 2.20. The maximum Gasteiger partial charge on any atom is 0.0216 e. The summed E-state index contributed by atoms with van der Waals surface area (Å²) in [7, 11) is 0. The smallest absolute Gasteiger partial charge is 0.0216 e. The molecule has 1 aromatic carbocycles. The van der Waals surface area contributed by atoms with E-state index in [0.717, 1.165) is 30.5 Å². The second-order valence-electron chi connectivity index (χ2n) is 5.44. The third-order valence-electron chi connectivity index (χ3n) is 2.51. The minimum Gasteiger partial charge on any atom is -0.313 e. The second-order valence-corrected chi connectivity index (χ2v) is 7.52. The van der Waals surface area contributed by atoms with Crippen molar-refractivity contribution < 1.29 is 0 Å². The summed E-state index contributed by atoms with van der Waals surface area (Å²) in [6, 6.07) is 6.41. The van der Waals surface area contributed by atoms with Crippen LogP contribution in [0.2, 0.25) is 0 Å². The van der Waals surface area contributed by atoms with Gasteiger partial charge in [-0.3, -0.25) is 0 Å². The Labute approximate surface area is 133 Å². The first-order chi connectivity index (χ1) is 8.38. The average Bonchev–Trinajstić information content (AvgIpc) is 2.26. The maximum absolute atomic E-state index is 3.51. The van der Waals surface area contributed by atoms with E-state index < -0.39 is 0 Å². The minimum absolute atomic E-state index is 0.222. The molecule has 0 unspecified atom stereocenters. The number of hydrogen-bond donors (Lipinski definition) is 2. The Hall–Kier alpha value is 0.350. The molecule has 1 rings (SSSR count). The van der Waals surface area contributed by atoms with Crippen LogP contribution in [0.5, 0.6) is 0 Å². The average molecular weight is 425 g/mol. The Morgan fingerprint density at radius 3 is 2.61 bits per heavy atom.